The first-order valence-corrected chi connectivity index (χ1v) is 6.60. The van der Waals surface area contributed by atoms with Crippen LogP contribution in [0.1, 0.15) is 10.7 Å². The lowest BCUT2D eigenvalue weighted by Gasteiger charge is -1.95. The lowest BCUT2D eigenvalue weighted by molar-refractivity contribution is 0.399. The molecule has 0 atom stereocenters. The SMILES string of the molecule is COc1ccc2[nH]c(-c3sc(CN)nc3C)nc2n1. The smallest absolute Gasteiger partial charge is 0.215 e. The van der Waals surface area contributed by atoms with Crippen LogP contribution in [-0.2, 0) is 6.54 Å². The fraction of sp³-hybridized carbons (Fsp3) is 0.250. The minimum atomic E-state index is 0.442. The largest absolute Gasteiger partial charge is 0.481 e. The van der Waals surface area contributed by atoms with Crippen molar-refractivity contribution in [1.29, 1.82) is 0 Å². The predicted molar refractivity (Wildman–Crippen MR) is 74.2 cm³/mol. The number of H-pyrrole nitrogens is 1. The monoisotopic (exact) mass is 275 g/mol. The van der Waals surface area contributed by atoms with Crippen molar-refractivity contribution < 1.29 is 4.74 Å². The Morgan fingerprint density at radius 3 is 2.84 bits per heavy atom. The second-order valence-electron chi connectivity index (χ2n) is 4.04. The Labute approximate surface area is 113 Å². The highest BCUT2D eigenvalue weighted by molar-refractivity contribution is 7.15. The molecule has 19 heavy (non-hydrogen) atoms. The minimum Gasteiger partial charge on any atom is -0.481 e. The summed E-state index contributed by atoms with van der Waals surface area (Å²) in [6.45, 7) is 2.39. The van der Waals surface area contributed by atoms with Crippen LogP contribution in [0.3, 0.4) is 0 Å². The van der Waals surface area contributed by atoms with E-state index in [-0.39, 0.29) is 0 Å². The van der Waals surface area contributed by atoms with Crippen LogP contribution >= 0.6 is 11.3 Å². The van der Waals surface area contributed by atoms with Gasteiger partial charge in [0.1, 0.15) is 5.01 Å². The summed E-state index contributed by atoms with van der Waals surface area (Å²) in [7, 11) is 1.59. The molecular weight excluding hydrogens is 262 g/mol. The Morgan fingerprint density at radius 1 is 1.32 bits per heavy atom. The molecule has 0 aliphatic rings. The first-order chi connectivity index (χ1) is 9.21. The average Bonchev–Trinajstić information content (AvgIpc) is 3.00. The highest BCUT2D eigenvalue weighted by atomic mass is 32.1. The highest BCUT2D eigenvalue weighted by Crippen LogP contribution is 2.29. The van der Waals surface area contributed by atoms with Gasteiger partial charge in [-0.2, -0.15) is 4.98 Å². The number of nitrogens with zero attached hydrogens (tertiary/aromatic N) is 3. The van der Waals surface area contributed by atoms with Crippen LogP contribution in [0.2, 0.25) is 0 Å². The second-order valence-corrected chi connectivity index (χ2v) is 5.12. The summed E-state index contributed by atoms with van der Waals surface area (Å²) in [5, 5.41) is 0.901. The maximum absolute atomic E-state index is 5.61. The molecule has 0 saturated heterocycles. The number of ether oxygens (including phenoxy) is 1. The van der Waals surface area contributed by atoms with Crippen molar-refractivity contribution in [3.8, 4) is 16.6 Å². The first kappa shape index (κ1) is 12.1. The molecule has 3 aromatic heterocycles. The van der Waals surface area contributed by atoms with E-state index < -0.39 is 0 Å². The molecule has 3 rings (SSSR count). The summed E-state index contributed by atoms with van der Waals surface area (Å²) < 4.78 is 5.09. The predicted octanol–water partition coefficient (Wildman–Crippen LogP) is 1.86. The lowest BCUT2D eigenvalue weighted by Crippen LogP contribution is -1.94. The molecule has 0 bridgehead atoms. The number of aryl methyl sites for hydroxylation is 1. The van der Waals surface area contributed by atoms with Crippen LogP contribution in [0.25, 0.3) is 21.9 Å². The van der Waals surface area contributed by atoms with Crippen molar-refractivity contribution in [1.82, 2.24) is 19.9 Å². The summed E-state index contributed by atoms with van der Waals surface area (Å²) in [6.07, 6.45) is 0. The van der Waals surface area contributed by atoms with E-state index in [4.69, 9.17) is 10.5 Å². The average molecular weight is 275 g/mol. The third kappa shape index (κ3) is 2.06. The minimum absolute atomic E-state index is 0.442. The van der Waals surface area contributed by atoms with Gasteiger partial charge < -0.3 is 15.5 Å². The number of aromatic amines is 1. The number of hydrogen-bond acceptors (Lipinski definition) is 6. The molecular formula is C12H13N5OS. The Hall–Kier alpha value is -1.99. The normalized spacial score (nSPS) is 11.1. The van der Waals surface area contributed by atoms with Gasteiger partial charge in [-0.3, -0.25) is 0 Å². The number of aromatic nitrogens is 4. The molecule has 0 amide bonds. The molecule has 98 valence electrons. The highest BCUT2D eigenvalue weighted by Gasteiger charge is 2.13. The zero-order chi connectivity index (χ0) is 13.4. The van der Waals surface area contributed by atoms with Crippen molar-refractivity contribution >= 4 is 22.5 Å². The summed E-state index contributed by atoms with van der Waals surface area (Å²) >= 11 is 1.55. The van der Waals surface area contributed by atoms with Gasteiger partial charge in [-0.25, -0.2) is 9.97 Å². The van der Waals surface area contributed by atoms with Gasteiger partial charge >= 0.3 is 0 Å². The van der Waals surface area contributed by atoms with Gasteiger partial charge in [0.15, 0.2) is 11.5 Å². The molecule has 0 unspecified atom stereocenters. The fourth-order valence-electron chi connectivity index (χ4n) is 1.86. The van der Waals surface area contributed by atoms with Crippen molar-refractivity contribution in [2.45, 2.75) is 13.5 Å². The van der Waals surface area contributed by atoms with Crippen LogP contribution in [-0.4, -0.2) is 27.0 Å². The molecule has 6 nitrogen and oxygen atoms in total. The quantitative estimate of drug-likeness (QED) is 0.761. The van der Waals surface area contributed by atoms with Gasteiger partial charge in [0.25, 0.3) is 0 Å². The number of thiazole rings is 1. The van der Waals surface area contributed by atoms with Gasteiger partial charge in [-0.1, -0.05) is 0 Å². The van der Waals surface area contributed by atoms with Crippen LogP contribution in [0.4, 0.5) is 0 Å². The number of rotatable bonds is 3. The zero-order valence-electron chi connectivity index (χ0n) is 10.6. The van der Waals surface area contributed by atoms with Crippen molar-refractivity contribution in [2.24, 2.45) is 5.73 Å². The number of imidazole rings is 1. The maximum atomic E-state index is 5.61. The van der Waals surface area contributed by atoms with E-state index in [9.17, 15) is 0 Å². The van der Waals surface area contributed by atoms with E-state index in [2.05, 4.69) is 19.9 Å². The molecule has 0 aromatic carbocycles. The van der Waals surface area contributed by atoms with E-state index in [1.807, 2.05) is 13.0 Å². The Kier molecular flexibility index (Phi) is 2.92. The summed E-state index contributed by atoms with van der Waals surface area (Å²) in [4.78, 5) is 17.4. The standard InChI is InChI=1S/C12H13N5OS/c1-6-10(19-9(5-13)14-6)12-15-7-3-4-8(18-2)16-11(7)17-12/h3-4H,5,13H2,1-2H3,(H,15,16,17). The second kappa shape index (κ2) is 4.60. The Balaban J connectivity index is 2.11. The number of methoxy groups -OCH3 is 1. The van der Waals surface area contributed by atoms with E-state index >= 15 is 0 Å². The van der Waals surface area contributed by atoms with Gasteiger partial charge in [-0.05, 0) is 13.0 Å². The molecule has 0 saturated carbocycles. The number of nitrogens with one attached hydrogen (secondary N) is 1. The van der Waals surface area contributed by atoms with Gasteiger partial charge in [0, 0.05) is 12.6 Å². The van der Waals surface area contributed by atoms with Crippen LogP contribution in [0, 0.1) is 6.92 Å². The van der Waals surface area contributed by atoms with E-state index in [1.165, 1.54) is 0 Å². The molecule has 7 heteroatoms. The lowest BCUT2D eigenvalue weighted by atomic mass is 10.4. The van der Waals surface area contributed by atoms with E-state index in [1.54, 1.807) is 24.5 Å². The van der Waals surface area contributed by atoms with Gasteiger partial charge in [-0.15, -0.1) is 11.3 Å². The molecule has 3 N–H and O–H groups in total. The van der Waals surface area contributed by atoms with Crippen molar-refractivity contribution in [3.63, 3.8) is 0 Å². The number of nitrogens with two attached hydrogens (primary N) is 1. The summed E-state index contributed by atoms with van der Waals surface area (Å²) in [5.74, 6) is 1.32. The number of hydrogen-bond donors (Lipinski definition) is 2. The molecule has 0 radical (unpaired) electrons. The summed E-state index contributed by atoms with van der Waals surface area (Å²) in [6, 6.07) is 3.70. The van der Waals surface area contributed by atoms with Crippen molar-refractivity contribution in [3.05, 3.63) is 22.8 Å². The van der Waals surface area contributed by atoms with Crippen molar-refractivity contribution in [2.75, 3.05) is 7.11 Å². The Morgan fingerprint density at radius 2 is 2.16 bits per heavy atom. The van der Waals surface area contributed by atoms with E-state index in [0.717, 1.165) is 26.9 Å². The molecule has 3 heterocycles. The van der Waals surface area contributed by atoms with Gasteiger partial charge in [0.05, 0.1) is 23.2 Å². The maximum Gasteiger partial charge on any atom is 0.215 e. The molecule has 0 fully saturated rings. The molecule has 0 aliphatic heterocycles. The van der Waals surface area contributed by atoms with Crippen LogP contribution in [0.15, 0.2) is 12.1 Å². The Bertz CT molecular complexity index is 733. The van der Waals surface area contributed by atoms with Gasteiger partial charge in [0.2, 0.25) is 5.88 Å². The number of pyridine rings is 1. The topological polar surface area (TPSA) is 89.7 Å². The van der Waals surface area contributed by atoms with Crippen LogP contribution in [0.5, 0.6) is 5.88 Å². The molecule has 0 aliphatic carbocycles. The first-order valence-electron chi connectivity index (χ1n) is 5.78. The fourth-order valence-corrected chi connectivity index (χ4v) is 2.74. The zero-order valence-corrected chi connectivity index (χ0v) is 11.4. The van der Waals surface area contributed by atoms with E-state index in [0.29, 0.717) is 18.1 Å². The third-order valence-electron chi connectivity index (χ3n) is 2.76. The molecule has 3 aromatic rings. The number of fused-ring (bicyclic) bond motifs is 1. The molecule has 0 spiro atoms. The van der Waals surface area contributed by atoms with Crippen LogP contribution < -0.4 is 10.5 Å². The third-order valence-corrected chi connectivity index (χ3v) is 3.95. The summed E-state index contributed by atoms with van der Waals surface area (Å²) in [5.41, 5.74) is 8.05.